The summed E-state index contributed by atoms with van der Waals surface area (Å²) in [5.74, 6) is 0.0936. The van der Waals surface area contributed by atoms with Gasteiger partial charge in [0, 0.05) is 36.3 Å². The lowest BCUT2D eigenvalue weighted by molar-refractivity contribution is 0.580. The quantitative estimate of drug-likeness (QED) is 0.659. The van der Waals surface area contributed by atoms with Gasteiger partial charge in [0.2, 0.25) is 10.0 Å². The van der Waals surface area contributed by atoms with Crippen molar-refractivity contribution in [2.24, 2.45) is 0 Å². The molecule has 0 radical (unpaired) electrons. The average Bonchev–Trinajstić information content (AvgIpc) is 3.11. The van der Waals surface area contributed by atoms with E-state index in [2.05, 4.69) is 14.7 Å². The number of aryl methyl sites for hydroxylation is 1. The number of hydrogen-bond acceptors (Lipinski definition) is 5. The molecule has 0 atom stereocenters. The van der Waals surface area contributed by atoms with Crippen molar-refractivity contribution < 1.29 is 8.42 Å². The van der Waals surface area contributed by atoms with Crippen LogP contribution in [0.4, 0.5) is 0 Å². The topological polar surface area (TPSA) is 72.0 Å². The fourth-order valence-electron chi connectivity index (χ4n) is 2.35. The van der Waals surface area contributed by atoms with Crippen LogP contribution in [0.2, 0.25) is 0 Å². The van der Waals surface area contributed by atoms with E-state index >= 15 is 0 Å². The lowest BCUT2D eigenvalue weighted by Crippen LogP contribution is -2.29. The molecular weight excluding hydrogens is 354 g/mol. The minimum Gasteiger partial charge on any atom is -0.265 e. The summed E-state index contributed by atoms with van der Waals surface area (Å²) in [5, 5.41) is 2.89. The van der Waals surface area contributed by atoms with Gasteiger partial charge in [-0.05, 0) is 24.1 Å². The molecule has 25 heavy (non-hydrogen) atoms. The van der Waals surface area contributed by atoms with Gasteiger partial charge in [0.05, 0.1) is 11.4 Å². The first kappa shape index (κ1) is 17.7. The predicted molar refractivity (Wildman–Crippen MR) is 101 cm³/mol. The van der Waals surface area contributed by atoms with E-state index in [1.165, 1.54) is 0 Å². The number of nitrogens with zero attached hydrogens (tertiary/aromatic N) is 2. The van der Waals surface area contributed by atoms with Crippen molar-refractivity contribution in [3.05, 3.63) is 71.5 Å². The molecule has 1 aromatic carbocycles. The standard InChI is InChI=1S/C18H19N3O2S2/c22-25(23,13-9-15-4-2-1-3-5-15)20-12-8-17-14-24-18(21-17)16-6-10-19-11-7-16/h1-7,10-11,14,20H,8-9,12-13H2. The van der Waals surface area contributed by atoms with E-state index < -0.39 is 10.0 Å². The van der Waals surface area contributed by atoms with Crippen LogP contribution >= 0.6 is 11.3 Å². The first-order valence-electron chi connectivity index (χ1n) is 7.98. The molecule has 0 aliphatic rings. The Bertz CT molecular complexity index is 894. The summed E-state index contributed by atoms with van der Waals surface area (Å²) in [6.45, 7) is 0.358. The van der Waals surface area contributed by atoms with Crippen molar-refractivity contribution in [1.82, 2.24) is 14.7 Å². The zero-order valence-electron chi connectivity index (χ0n) is 13.6. The van der Waals surface area contributed by atoms with Gasteiger partial charge in [0.15, 0.2) is 0 Å². The van der Waals surface area contributed by atoms with Crippen LogP contribution in [0.25, 0.3) is 10.6 Å². The van der Waals surface area contributed by atoms with Crippen molar-refractivity contribution in [3.8, 4) is 10.6 Å². The maximum absolute atomic E-state index is 12.1. The zero-order valence-corrected chi connectivity index (χ0v) is 15.3. The number of hydrogen-bond donors (Lipinski definition) is 1. The molecule has 0 spiro atoms. The number of pyridine rings is 1. The van der Waals surface area contributed by atoms with Crippen LogP contribution in [0.15, 0.2) is 60.2 Å². The van der Waals surface area contributed by atoms with E-state index in [4.69, 9.17) is 0 Å². The minimum atomic E-state index is -3.28. The van der Waals surface area contributed by atoms with Crippen molar-refractivity contribution in [2.45, 2.75) is 12.8 Å². The van der Waals surface area contributed by atoms with Gasteiger partial charge < -0.3 is 0 Å². The summed E-state index contributed by atoms with van der Waals surface area (Å²) in [6, 6.07) is 13.4. The van der Waals surface area contributed by atoms with E-state index in [0.29, 0.717) is 19.4 Å². The van der Waals surface area contributed by atoms with Gasteiger partial charge in [-0.3, -0.25) is 4.98 Å². The van der Waals surface area contributed by atoms with Crippen LogP contribution in [0, 0.1) is 0 Å². The van der Waals surface area contributed by atoms with E-state index in [0.717, 1.165) is 21.8 Å². The Morgan fingerprint density at radius 1 is 1.00 bits per heavy atom. The molecule has 3 rings (SSSR count). The van der Waals surface area contributed by atoms with Gasteiger partial charge in [-0.2, -0.15) is 0 Å². The van der Waals surface area contributed by atoms with Gasteiger partial charge in [-0.1, -0.05) is 30.3 Å². The monoisotopic (exact) mass is 373 g/mol. The summed E-state index contributed by atoms with van der Waals surface area (Å²) in [4.78, 5) is 8.54. The van der Waals surface area contributed by atoms with Gasteiger partial charge in [0.25, 0.3) is 0 Å². The number of benzene rings is 1. The minimum absolute atomic E-state index is 0.0936. The Labute approximate surface area is 151 Å². The molecular formula is C18H19N3O2S2. The van der Waals surface area contributed by atoms with Gasteiger partial charge >= 0.3 is 0 Å². The molecule has 0 fully saturated rings. The first-order chi connectivity index (χ1) is 12.1. The molecule has 1 N–H and O–H groups in total. The molecule has 2 aromatic heterocycles. The zero-order chi connectivity index (χ0) is 17.5. The Morgan fingerprint density at radius 2 is 1.76 bits per heavy atom. The third kappa shape index (κ3) is 5.45. The van der Waals surface area contributed by atoms with Crippen molar-refractivity contribution in [2.75, 3.05) is 12.3 Å². The van der Waals surface area contributed by atoms with Crippen LogP contribution in [0.5, 0.6) is 0 Å². The predicted octanol–water partition coefficient (Wildman–Crippen LogP) is 2.91. The summed E-state index contributed by atoms with van der Waals surface area (Å²) in [5.41, 5.74) is 2.94. The Balaban J connectivity index is 1.48. The fraction of sp³-hybridized carbons (Fsp3) is 0.222. The van der Waals surface area contributed by atoms with E-state index in [-0.39, 0.29) is 5.75 Å². The summed E-state index contributed by atoms with van der Waals surface area (Å²) < 4.78 is 26.8. The fourth-order valence-corrected chi connectivity index (χ4v) is 4.27. The lowest BCUT2D eigenvalue weighted by atomic mass is 10.2. The van der Waals surface area contributed by atoms with Crippen LogP contribution in [0.1, 0.15) is 11.3 Å². The molecule has 7 heteroatoms. The number of rotatable bonds is 8. The first-order valence-corrected chi connectivity index (χ1v) is 10.5. The van der Waals surface area contributed by atoms with Crippen molar-refractivity contribution in [1.29, 1.82) is 0 Å². The molecule has 130 valence electrons. The van der Waals surface area contributed by atoms with E-state index in [9.17, 15) is 8.42 Å². The van der Waals surface area contributed by atoms with Crippen LogP contribution in [0.3, 0.4) is 0 Å². The van der Waals surface area contributed by atoms with Crippen LogP contribution < -0.4 is 4.72 Å². The normalized spacial score (nSPS) is 11.5. The molecule has 2 heterocycles. The van der Waals surface area contributed by atoms with Crippen LogP contribution in [-0.2, 0) is 22.9 Å². The summed E-state index contributed by atoms with van der Waals surface area (Å²) in [6.07, 6.45) is 4.56. The van der Waals surface area contributed by atoms with Crippen molar-refractivity contribution >= 4 is 21.4 Å². The van der Waals surface area contributed by atoms with Crippen LogP contribution in [-0.4, -0.2) is 30.7 Å². The third-order valence-corrected chi connectivity index (χ3v) is 6.01. The molecule has 0 aliphatic carbocycles. The number of thiazole rings is 1. The van der Waals surface area contributed by atoms with Gasteiger partial charge in [-0.25, -0.2) is 18.1 Å². The second-order valence-corrected chi connectivity index (χ2v) is 8.36. The third-order valence-electron chi connectivity index (χ3n) is 3.68. The highest BCUT2D eigenvalue weighted by Gasteiger charge is 2.11. The molecule has 0 aliphatic heterocycles. The van der Waals surface area contributed by atoms with Gasteiger partial charge in [-0.15, -0.1) is 11.3 Å². The molecule has 0 amide bonds. The highest BCUT2D eigenvalue weighted by Crippen LogP contribution is 2.22. The number of aromatic nitrogens is 2. The highest BCUT2D eigenvalue weighted by molar-refractivity contribution is 7.89. The Morgan fingerprint density at radius 3 is 2.52 bits per heavy atom. The number of sulfonamides is 1. The molecule has 3 aromatic rings. The maximum atomic E-state index is 12.1. The molecule has 0 saturated heterocycles. The second kappa shape index (κ2) is 8.33. The SMILES string of the molecule is O=S(=O)(CCc1ccccc1)NCCc1csc(-c2ccncc2)n1. The largest absolute Gasteiger partial charge is 0.265 e. The van der Waals surface area contributed by atoms with Gasteiger partial charge in [0.1, 0.15) is 5.01 Å². The number of nitrogens with one attached hydrogen (secondary N) is 1. The summed E-state index contributed by atoms with van der Waals surface area (Å²) in [7, 11) is -3.28. The summed E-state index contributed by atoms with van der Waals surface area (Å²) >= 11 is 1.55. The lowest BCUT2D eigenvalue weighted by Gasteiger charge is -2.06. The molecule has 0 unspecified atom stereocenters. The highest BCUT2D eigenvalue weighted by atomic mass is 32.2. The molecule has 0 saturated carbocycles. The van der Waals surface area contributed by atoms with E-state index in [1.807, 2.05) is 47.8 Å². The molecule has 0 bridgehead atoms. The van der Waals surface area contributed by atoms with Crippen molar-refractivity contribution in [3.63, 3.8) is 0 Å². The Kier molecular flexibility index (Phi) is 5.91. The Hall–Kier alpha value is -2.09. The average molecular weight is 374 g/mol. The molecule has 5 nitrogen and oxygen atoms in total. The smallest absolute Gasteiger partial charge is 0.211 e. The maximum Gasteiger partial charge on any atom is 0.211 e. The second-order valence-electron chi connectivity index (χ2n) is 5.58. The van der Waals surface area contributed by atoms with E-state index in [1.54, 1.807) is 23.7 Å².